The molecule has 2 rings (SSSR count). The SMILES string of the molecule is O=C(O)CCc1cccn2c(Cl)ncc12. The van der Waals surface area contributed by atoms with E-state index in [2.05, 4.69) is 4.98 Å². The molecule has 15 heavy (non-hydrogen) atoms. The van der Waals surface area contributed by atoms with E-state index in [0.717, 1.165) is 11.1 Å². The van der Waals surface area contributed by atoms with E-state index in [1.807, 2.05) is 12.1 Å². The van der Waals surface area contributed by atoms with Crippen LogP contribution < -0.4 is 0 Å². The highest BCUT2D eigenvalue weighted by Crippen LogP contribution is 2.17. The summed E-state index contributed by atoms with van der Waals surface area (Å²) in [6.07, 6.45) is 4.05. The molecule has 0 saturated carbocycles. The summed E-state index contributed by atoms with van der Waals surface area (Å²) >= 11 is 5.84. The highest BCUT2D eigenvalue weighted by atomic mass is 35.5. The Labute approximate surface area is 91.1 Å². The van der Waals surface area contributed by atoms with Gasteiger partial charge in [-0.3, -0.25) is 9.20 Å². The number of hydrogen-bond donors (Lipinski definition) is 1. The Morgan fingerprint density at radius 2 is 2.40 bits per heavy atom. The van der Waals surface area contributed by atoms with E-state index in [1.54, 1.807) is 16.8 Å². The van der Waals surface area contributed by atoms with Crippen LogP contribution in [0, 0.1) is 0 Å². The molecule has 2 aromatic rings. The number of fused-ring (bicyclic) bond motifs is 1. The van der Waals surface area contributed by atoms with Gasteiger partial charge in [0.2, 0.25) is 5.28 Å². The van der Waals surface area contributed by atoms with Crippen molar-refractivity contribution in [1.29, 1.82) is 0 Å². The van der Waals surface area contributed by atoms with E-state index in [1.165, 1.54) is 0 Å². The van der Waals surface area contributed by atoms with E-state index < -0.39 is 5.97 Å². The van der Waals surface area contributed by atoms with Crippen LogP contribution >= 0.6 is 11.6 Å². The van der Waals surface area contributed by atoms with Crippen molar-refractivity contribution in [2.45, 2.75) is 12.8 Å². The highest BCUT2D eigenvalue weighted by Gasteiger charge is 2.06. The largest absolute Gasteiger partial charge is 0.481 e. The zero-order valence-corrected chi connectivity index (χ0v) is 8.61. The number of hydrogen-bond acceptors (Lipinski definition) is 2. The van der Waals surface area contributed by atoms with E-state index in [4.69, 9.17) is 16.7 Å². The molecule has 78 valence electrons. The molecule has 0 spiro atoms. The molecule has 0 radical (unpaired) electrons. The lowest BCUT2D eigenvalue weighted by Gasteiger charge is -2.02. The molecule has 5 heteroatoms. The average molecular weight is 225 g/mol. The van der Waals surface area contributed by atoms with Crippen molar-refractivity contribution in [3.05, 3.63) is 35.4 Å². The number of halogens is 1. The van der Waals surface area contributed by atoms with Crippen molar-refractivity contribution in [3.63, 3.8) is 0 Å². The van der Waals surface area contributed by atoms with Crippen LogP contribution in [0.1, 0.15) is 12.0 Å². The van der Waals surface area contributed by atoms with Gasteiger partial charge in [0.25, 0.3) is 0 Å². The van der Waals surface area contributed by atoms with Gasteiger partial charge in [0.1, 0.15) is 0 Å². The maximum Gasteiger partial charge on any atom is 0.303 e. The van der Waals surface area contributed by atoms with Crippen LogP contribution in [0.4, 0.5) is 0 Å². The minimum Gasteiger partial charge on any atom is -0.481 e. The predicted octanol–water partition coefficient (Wildman–Crippen LogP) is 2.00. The second-order valence-electron chi connectivity index (χ2n) is 3.21. The summed E-state index contributed by atoms with van der Waals surface area (Å²) in [5.41, 5.74) is 1.81. The Kier molecular flexibility index (Phi) is 2.60. The molecular weight excluding hydrogens is 216 g/mol. The van der Waals surface area contributed by atoms with E-state index >= 15 is 0 Å². The first-order valence-electron chi connectivity index (χ1n) is 4.51. The lowest BCUT2D eigenvalue weighted by atomic mass is 10.1. The number of rotatable bonds is 3. The van der Waals surface area contributed by atoms with Crippen molar-refractivity contribution in [2.75, 3.05) is 0 Å². The summed E-state index contributed by atoms with van der Waals surface area (Å²) in [7, 11) is 0. The van der Waals surface area contributed by atoms with Gasteiger partial charge >= 0.3 is 5.97 Å². The molecule has 2 aromatic heterocycles. The third-order valence-electron chi connectivity index (χ3n) is 2.22. The lowest BCUT2D eigenvalue weighted by Crippen LogP contribution is -1.99. The van der Waals surface area contributed by atoms with Crippen LogP contribution in [0.15, 0.2) is 24.5 Å². The molecule has 0 unspecified atom stereocenters. The van der Waals surface area contributed by atoms with Crippen molar-refractivity contribution >= 4 is 23.1 Å². The third-order valence-corrected chi connectivity index (χ3v) is 2.50. The molecule has 0 bridgehead atoms. The monoisotopic (exact) mass is 224 g/mol. The molecule has 0 aliphatic rings. The van der Waals surface area contributed by atoms with Gasteiger partial charge in [-0.1, -0.05) is 6.07 Å². The summed E-state index contributed by atoms with van der Waals surface area (Å²) in [5.74, 6) is -0.803. The molecule has 0 aliphatic heterocycles. The number of carboxylic acids is 1. The Morgan fingerprint density at radius 1 is 1.60 bits per heavy atom. The summed E-state index contributed by atoms with van der Waals surface area (Å²) in [6.45, 7) is 0. The Hall–Kier alpha value is -1.55. The zero-order chi connectivity index (χ0) is 10.8. The first-order chi connectivity index (χ1) is 7.18. The van der Waals surface area contributed by atoms with Crippen LogP contribution in [-0.2, 0) is 11.2 Å². The van der Waals surface area contributed by atoms with Crippen LogP contribution in [0.5, 0.6) is 0 Å². The van der Waals surface area contributed by atoms with E-state index in [-0.39, 0.29) is 6.42 Å². The van der Waals surface area contributed by atoms with Gasteiger partial charge in [-0.25, -0.2) is 4.98 Å². The van der Waals surface area contributed by atoms with Crippen molar-refractivity contribution < 1.29 is 9.90 Å². The summed E-state index contributed by atoms with van der Waals surface area (Å²) in [4.78, 5) is 14.4. The highest BCUT2D eigenvalue weighted by molar-refractivity contribution is 6.28. The Balaban J connectivity index is 2.38. The molecular formula is C10H9ClN2O2. The number of aromatic nitrogens is 2. The Morgan fingerprint density at radius 3 is 3.13 bits per heavy atom. The van der Waals surface area contributed by atoms with Crippen LogP contribution in [0.25, 0.3) is 5.52 Å². The van der Waals surface area contributed by atoms with Gasteiger partial charge in [0, 0.05) is 12.6 Å². The quantitative estimate of drug-likeness (QED) is 0.868. The van der Waals surface area contributed by atoms with Gasteiger partial charge in [-0.15, -0.1) is 0 Å². The number of nitrogens with zero attached hydrogens (tertiary/aromatic N) is 2. The zero-order valence-electron chi connectivity index (χ0n) is 7.85. The predicted molar refractivity (Wildman–Crippen MR) is 56.2 cm³/mol. The lowest BCUT2D eigenvalue weighted by molar-refractivity contribution is -0.136. The van der Waals surface area contributed by atoms with Crippen LogP contribution in [-0.4, -0.2) is 20.5 Å². The number of imidazole rings is 1. The molecule has 0 atom stereocenters. The van der Waals surface area contributed by atoms with Gasteiger partial charge in [0.05, 0.1) is 11.7 Å². The van der Waals surface area contributed by atoms with Gasteiger partial charge in [0.15, 0.2) is 0 Å². The number of aliphatic carboxylic acids is 1. The number of carboxylic acid groups (broad SMARTS) is 1. The van der Waals surface area contributed by atoms with Gasteiger partial charge in [-0.2, -0.15) is 0 Å². The maximum absolute atomic E-state index is 10.5. The summed E-state index contributed by atoms with van der Waals surface area (Å²) in [5, 5.41) is 8.99. The Bertz CT molecular complexity index is 507. The molecule has 2 heterocycles. The van der Waals surface area contributed by atoms with Gasteiger partial charge < -0.3 is 5.11 Å². The smallest absolute Gasteiger partial charge is 0.303 e. The molecule has 0 aliphatic carbocycles. The normalized spacial score (nSPS) is 10.7. The fraction of sp³-hybridized carbons (Fsp3) is 0.200. The van der Waals surface area contributed by atoms with Crippen LogP contribution in [0.2, 0.25) is 5.28 Å². The first kappa shape index (κ1) is 9.98. The topological polar surface area (TPSA) is 54.6 Å². The maximum atomic E-state index is 10.5. The number of aryl methyl sites for hydroxylation is 1. The fourth-order valence-corrected chi connectivity index (χ4v) is 1.70. The molecule has 0 amide bonds. The minimum atomic E-state index is -0.803. The summed E-state index contributed by atoms with van der Waals surface area (Å²) in [6, 6.07) is 3.72. The summed E-state index contributed by atoms with van der Waals surface area (Å²) < 4.78 is 1.73. The molecule has 1 N–H and O–H groups in total. The standard InChI is InChI=1S/C10H9ClN2O2/c11-10-12-6-8-7(3-4-9(14)15)2-1-5-13(8)10/h1-2,5-6H,3-4H2,(H,14,15). The molecule has 0 saturated heterocycles. The molecule has 4 nitrogen and oxygen atoms in total. The van der Waals surface area contributed by atoms with Crippen molar-refractivity contribution in [2.24, 2.45) is 0 Å². The fourth-order valence-electron chi connectivity index (χ4n) is 1.50. The van der Waals surface area contributed by atoms with Crippen molar-refractivity contribution in [3.8, 4) is 0 Å². The minimum absolute atomic E-state index is 0.114. The number of pyridine rings is 1. The van der Waals surface area contributed by atoms with E-state index in [0.29, 0.717) is 11.7 Å². The second kappa shape index (κ2) is 3.90. The first-order valence-corrected chi connectivity index (χ1v) is 4.88. The van der Waals surface area contributed by atoms with Gasteiger partial charge in [-0.05, 0) is 29.7 Å². The molecule has 0 fully saturated rings. The van der Waals surface area contributed by atoms with Crippen LogP contribution in [0.3, 0.4) is 0 Å². The second-order valence-corrected chi connectivity index (χ2v) is 3.55. The van der Waals surface area contributed by atoms with E-state index in [9.17, 15) is 4.79 Å². The third kappa shape index (κ3) is 1.94. The number of carbonyl (C=O) groups is 1. The molecule has 0 aromatic carbocycles. The van der Waals surface area contributed by atoms with Crippen molar-refractivity contribution in [1.82, 2.24) is 9.38 Å². The average Bonchev–Trinajstić information content (AvgIpc) is 2.58.